The van der Waals surface area contributed by atoms with Gasteiger partial charge in [0.25, 0.3) is 0 Å². The van der Waals surface area contributed by atoms with Crippen LogP contribution in [-0.4, -0.2) is 23.7 Å². The van der Waals surface area contributed by atoms with E-state index in [4.69, 9.17) is 5.73 Å². The van der Waals surface area contributed by atoms with Gasteiger partial charge in [-0.15, -0.1) is 0 Å². The van der Waals surface area contributed by atoms with Crippen LogP contribution in [0.2, 0.25) is 0 Å². The first-order valence-corrected chi connectivity index (χ1v) is 7.63. The molecule has 2 heteroatoms. The van der Waals surface area contributed by atoms with E-state index in [9.17, 15) is 0 Å². The standard InChI is InChI=1S/C17H28N2/c1-4-15-5-7-16(8-6-15)13-17(3,18)19-11-9-14(2)10-12-19/h5-8,14H,4,9-13,18H2,1-3H3. The maximum Gasteiger partial charge on any atom is 0.0699 e. The van der Waals surface area contributed by atoms with Crippen molar-refractivity contribution < 1.29 is 0 Å². The number of rotatable bonds is 4. The molecule has 1 aromatic rings. The summed E-state index contributed by atoms with van der Waals surface area (Å²) in [7, 11) is 0. The Morgan fingerprint density at radius 1 is 1.16 bits per heavy atom. The highest BCUT2D eigenvalue weighted by Gasteiger charge is 2.30. The van der Waals surface area contributed by atoms with Crippen LogP contribution in [0.15, 0.2) is 24.3 Å². The van der Waals surface area contributed by atoms with Gasteiger partial charge in [0.2, 0.25) is 0 Å². The van der Waals surface area contributed by atoms with Gasteiger partial charge < -0.3 is 5.73 Å². The molecular formula is C17H28N2. The van der Waals surface area contributed by atoms with Crippen LogP contribution in [0.25, 0.3) is 0 Å². The molecule has 1 atom stereocenters. The van der Waals surface area contributed by atoms with Gasteiger partial charge in [0, 0.05) is 19.5 Å². The quantitative estimate of drug-likeness (QED) is 0.901. The summed E-state index contributed by atoms with van der Waals surface area (Å²) in [4.78, 5) is 2.46. The second-order valence-corrected chi connectivity index (χ2v) is 6.37. The maximum atomic E-state index is 6.57. The molecule has 2 rings (SSSR count). The van der Waals surface area contributed by atoms with Crippen molar-refractivity contribution in [1.82, 2.24) is 4.90 Å². The Morgan fingerprint density at radius 2 is 1.68 bits per heavy atom. The van der Waals surface area contributed by atoms with E-state index in [-0.39, 0.29) is 5.66 Å². The topological polar surface area (TPSA) is 29.3 Å². The summed E-state index contributed by atoms with van der Waals surface area (Å²) in [5.74, 6) is 0.857. The molecule has 0 saturated carbocycles. The Hall–Kier alpha value is -0.860. The van der Waals surface area contributed by atoms with E-state index in [0.29, 0.717) is 0 Å². The Labute approximate surface area is 118 Å². The van der Waals surface area contributed by atoms with Crippen LogP contribution in [0, 0.1) is 5.92 Å². The van der Waals surface area contributed by atoms with Gasteiger partial charge in [-0.1, -0.05) is 38.1 Å². The predicted octanol–water partition coefficient (Wildman–Crippen LogP) is 3.20. The molecule has 1 heterocycles. The predicted molar refractivity (Wildman–Crippen MR) is 82.1 cm³/mol. The van der Waals surface area contributed by atoms with Crippen LogP contribution in [0.1, 0.15) is 44.7 Å². The lowest BCUT2D eigenvalue weighted by Crippen LogP contribution is -2.57. The van der Waals surface area contributed by atoms with Gasteiger partial charge >= 0.3 is 0 Å². The molecule has 0 aromatic heterocycles. The van der Waals surface area contributed by atoms with E-state index in [0.717, 1.165) is 31.8 Å². The number of nitrogens with zero attached hydrogens (tertiary/aromatic N) is 1. The van der Waals surface area contributed by atoms with Gasteiger partial charge in [0.1, 0.15) is 0 Å². The van der Waals surface area contributed by atoms with Crippen molar-refractivity contribution in [3.63, 3.8) is 0 Å². The van der Waals surface area contributed by atoms with Gasteiger partial charge in [-0.2, -0.15) is 0 Å². The van der Waals surface area contributed by atoms with E-state index in [1.54, 1.807) is 0 Å². The number of hydrogen-bond acceptors (Lipinski definition) is 2. The smallest absolute Gasteiger partial charge is 0.0699 e. The van der Waals surface area contributed by atoms with Crippen LogP contribution >= 0.6 is 0 Å². The van der Waals surface area contributed by atoms with Crippen molar-refractivity contribution >= 4 is 0 Å². The number of nitrogens with two attached hydrogens (primary N) is 1. The highest BCUT2D eigenvalue weighted by molar-refractivity contribution is 5.23. The van der Waals surface area contributed by atoms with Crippen molar-refractivity contribution in [3.8, 4) is 0 Å². The molecule has 1 aliphatic heterocycles. The second-order valence-electron chi connectivity index (χ2n) is 6.37. The fourth-order valence-electron chi connectivity index (χ4n) is 2.94. The summed E-state index contributed by atoms with van der Waals surface area (Å²) in [6.07, 6.45) is 4.60. The van der Waals surface area contributed by atoms with Crippen LogP contribution in [0.3, 0.4) is 0 Å². The highest BCUT2D eigenvalue weighted by atomic mass is 15.3. The van der Waals surface area contributed by atoms with Crippen LogP contribution in [0.4, 0.5) is 0 Å². The Balaban J connectivity index is 1.99. The van der Waals surface area contributed by atoms with E-state index in [1.807, 2.05) is 0 Å². The first-order valence-electron chi connectivity index (χ1n) is 7.63. The molecule has 0 spiro atoms. The summed E-state index contributed by atoms with van der Waals surface area (Å²) in [5.41, 5.74) is 9.10. The van der Waals surface area contributed by atoms with Gasteiger partial charge in [0.05, 0.1) is 5.66 Å². The molecule has 0 aliphatic carbocycles. The van der Waals surface area contributed by atoms with Gasteiger partial charge in [-0.3, -0.25) is 4.90 Å². The molecule has 1 unspecified atom stereocenters. The first-order chi connectivity index (χ1) is 9.01. The molecule has 19 heavy (non-hydrogen) atoms. The minimum atomic E-state index is -0.214. The molecule has 1 aromatic carbocycles. The van der Waals surface area contributed by atoms with Crippen molar-refractivity contribution in [2.75, 3.05) is 13.1 Å². The van der Waals surface area contributed by atoms with E-state index in [2.05, 4.69) is 49.9 Å². The minimum Gasteiger partial charge on any atom is -0.313 e. The SMILES string of the molecule is CCc1ccc(CC(C)(N)N2CCC(C)CC2)cc1. The normalized spacial score (nSPS) is 21.3. The van der Waals surface area contributed by atoms with Crippen molar-refractivity contribution in [3.05, 3.63) is 35.4 Å². The van der Waals surface area contributed by atoms with Crippen LogP contribution < -0.4 is 5.73 Å². The summed E-state index contributed by atoms with van der Waals surface area (Å²) in [6.45, 7) is 8.99. The highest BCUT2D eigenvalue weighted by Crippen LogP contribution is 2.23. The first kappa shape index (κ1) is 14.5. The molecule has 0 radical (unpaired) electrons. The van der Waals surface area contributed by atoms with Gasteiger partial charge in [0.15, 0.2) is 0 Å². The molecule has 0 bridgehead atoms. The van der Waals surface area contributed by atoms with Gasteiger partial charge in [-0.25, -0.2) is 0 Å². The zero-order valence-electron chi connectivity index (χ0n) is 12.7. The number of piperidine rings is 1. The second kappa shape index (κ2) is 6.06. The minimum absolute atomic E-state index is 0.214. The van der Waals surface area contributed by atoms with E-state index in [1.165, 1.54) is 24.0 Å². The van der Waals surface area contributed by atoms with Crippen molar-refractivity contribution in [2.45, 2.75) is 52.1 Å². The summed E-state index contributed by atoms with van der Waals surface area (Å²) in [6, 6.07) is 8.92. The molecule has 106 valence electrons. The fourth-order valence-corrected chi connectivity index (χ4v) is 2.94. The van der Waals surface area contributed by atoms with E-state index < -0.39 is 0 Å². The summed E-state index contributed by atoms with van der Waals surface area (Å²) >= 11 is 0. The lowest BCUT2D eigenvalue weighted by atomic mass is 9.93. The average molecular weight is 260 g/mol. The van der Waals surface area contributed by atoms with Crippen LogP contribution in [-0.2, 0) is 12.8 Å². The molecule has 2 nitrogen and oxygen atoms in total. The fraction of sp³-hybridized carbons (Fsp3) is 0.647. The van der Waals surface area contributed by atoms with E-state index >= 15 is 0 Å². The monoisotopic (exact) mass is 260 g/mol. The number of hydrogen-bond donors (Lipinski definition) is 1. The van der Waals surface area contributed by atoms with Crippen molar-refractivity contribution in [2.24, 2.45) is 11.7 Å². The summed E-state index contributed by atoms with van der Waals surface area (Å²) < 4.78 is 0. The third-order valence-corrected chi connectivity index (χ3v) is 4.50. The van der Waals surface area contributed by atoms with Gasteiger partial charge in [-0.05, 0) is 43.2 Å². The molecule has 1 aliphatic rings. The third kappa shape index (κ3) is 3.80. The molecule has 0 amide bonds. The Morgan fingerprint density at radius 3 is 2.21 bits per heavy atom. The zero-order chi connectivity index (χ0) is 13.9. The molecular weight excluding hydrogens is 232 g/mol. The molecule has 1 saturated heterocycles. The Kier molecular flexibility index (Phi) is 4.64. The zero-order valence-corrected chi connectivity index (χ0v) is 12.7. The summed E-state index contributed by atoms with van der Waals surface area (Å²) in [5, 5.41) is 0. The lowest BCUT2D eigenvalue weighted by Gasteiger charge is -2.42. The number of benzene rings is 1. The van der Waals surface area contributed by atoms with Crippen molar-refractivity contribution in [1.29, 1.82) is 0 Å². The number of likely N-dealkylation sites (tertiary alicyclic amines) is 1. The maximum absolute atomic E-state index is 6.57. The molecule has 2 N–H and O–H groups in total. The Bertz CT molecular complexity index is 386. The largest absolute Gasteiger partial charge is 0.313 e. The number of aryl methyl sites for hydroxylation is 1. The average Bonchev–Trinajstić information content (AvgIpc) is 2.40. The van der Waals surface area contributed by atoms with Crippen LogP contribution in [0.5, 0.6) is 0 Å². The lowest BCUT2D eigenvalue weighted by molar-refractivity contribution is 0.0695. The molecule has 1 fully saturated rings. The third-order valence-electron chi connectivity index (χ3n) is 4.50.